The van der Waals surface area contributed by atoms with E-state index >= 15 is 0 Å². The molecule has 0 aromatic heterocycles. The summed E-state index contributed by atoms with van der Waals surface area (Å²) < 4.78 is 0. The molecule has 24 heavy (non-hydrogen) atoms. The molecule has 1 aromatic rings. The SMILES string of the molecule is CCCC[C@H](C(=O)O)[C@H](C)CC(=O)NNC(=O)c1ccccc1Cl. The number of hydrogen-bond donors (Lipinski definition) is 3. The second-order valence-electron chi connectivity index (χ2n) is 5.75. The lowest BCUT2D eigenvalue weighted by Gasteiger charge is -2.19. The van der Waals surface area contributed by atoms with Crippen LogP contribution in [0.25, 0.3) is 0 Å². The fourth-order valence-electron chi connectivity index (χ4n) is 2.40. The van der Waals surface area contributed by atoms with Gasteiger partial charge in [0.15, 0.2) is 0 Å². The van der Waals surface area contributed by atoms with Gasteiger partial charge in [0.25, 0.3) is 5.91 Å². The van der Waals surface area contributed by atoms with Crippen molar-refractivity contribution in [2.75, 3.05) is 0 Å². The molecule has 1 rings (SSSR count). The molecule has 0 saturated heterocycles. The van der Waals surface area contributed by atoms with Gasteiger partial charge in [-0.1, -0.05) is 50.4 Å². The van der Waals surface area contributed by atoms with Crippen LogP contribution in [0.2, 0.25) is 5.02 Å². The van der Waals surface area contributed by atoms with E-state index in [1.54, 1.807) is 25.1 Å². The van der Waals surface area contributed by atoms with E-state index in [9.17, 15) is 19.5 Å². The second kappa shape index (κ2) is 9.93. The minimum atomic E-state index is -0.899. The summed E-state index contributed by atoms with van der Waals surface area (Å²) in [6.07, 6.45) is 2.25. The Kier molecular flexibility index (Phi) is 8.26. The van der Waals surface area contributed by atoms with Crippen molar-refractivity contribution >= 4 is 29.4 Å². The fraction of sp³-hybridized carbons (Fsp3) is 0.471. The topological polar surface area (TPSA) is 95.5 Å². The maximum atomic E-state index is 11.9. The predicted octanol–water partition coefficient (Wildman–Crippen LogP) is 3.02. The highest BCUT2D eigenvalue weighted by atomic mass is 35.5. The van der Waals surface area contributed by atoms with Crippen LogP contribution < -0.4 is 10.9 Å². The number of benzene rings is 1. The summed E-state index contributed by atoms with van der Waals surface area (Å²) in [4.78, 5) is 35.2. The fourth-order valence-corrected chi connectivity index (χ4v) is 2.62. The van der Waals surface area contributed by atoms with Crippen LogP contribution in [0.5, 0.6) is 0 Å². The average molecular weight is 355 g/mol. The van der Waals surface area contributed by atoms with Gasteiger partial charge in [-0.15, -0.1) is 0 Å². The number of nitrogens with one attached hydrogen (secondary N) is 2. The molecule has 0 spiro atoms. The summed E-state index contributed by atoms with van der Waals surface area (Å²) in [5.41, 5.74) is 4.83. The Balaban J connectivity index is 2.51. The molecule has 0 aliphatic rings. The summed E-state index contributed by atoms with van der Waals surface area (Å²) in [6.45, 7) is 3.71. The number of hydrogen-bond acceptors (Lipinski definition) is 3. The molecule has 1 aromatic carbocycles. The van der Waals surface area contributed by atoms with Gasteiger partial charge >= 0.3 is 5.97 Å². The Morgan fingerprint density at radius 1 is 1.21 bits per heavy atom. The van der Waals surface area contributed by atoms with Gasteiger partial charge in [-0.2, -0.15) is 0 Å². The van der Waals surface area contributed by atoms with Crippen molar-refractivity contribution in [3.63, 3.8) is 0 Å². The third-order valence-corrected chi connectivity index (χ3v) is 4.14. The van der Waals surface area contributed by atoms with Crippen LogP contribution in [-0.2, 0) is 9.59 Å². The quantitative estimate of drug-likeness (QED) is 0.625. The number of aliphatic carboxylic acids is 1. The third-order valence-electron chi connectivity index (χ3n) is 3.81. The molecule has 0 radical (unpaired) electrons. The van der Waals surface area contributed by atoms with Crippen LogP contribution in [0, 0.1) is 11.8 Å². The number of carbonyl (C=O) groups is 3. The van der Waals surface area contributed by atoms with Crippen molar-refractivity contribution in [3.05, 3.63) is 34.9 Å². The van der Waals surface area contributed by atoms with Crippen molar-refractivity contribution in [1.82, 2.24) is 10.9 Å². The van der Waals surface area contributed by atoms with E-state index in [4.69, 9.17) is 11.6 Å². The van der Waals surface area contributed by atoms with Gasteiger partial charge in [0.2, 0.25) is 5.91 Å². The van der Waals surface area contributed by atoms with E-state index < -0.39 is 23.7 Å². The van der Waals surface area contributed by atoms with Crippen molar-refractivity contribution in [2.24, 2.45) is 11.8 Å². The zero-order chi connectivity index (χ0) is 18.1. The van der Waals surface area contributed by atoms with Gasteiger partial charge in [-0.3, -0.25) is 25.2 Å². The summed E-state index contributed by atoms with van der Waals surface area (Å²) in [5.74, 6) is -2.77. The molecular weight excluding hydrogens is 332 g/mol. The number of hydrazine groups is 1. The number of carboxylic acid groups (broad SMARTS) is 1. The number of halogens is 1. The molecule has 0 fully saturated rings. The molecule has 7 heteroatoms. The number of rotatable bonds is 8. The molecule has 0 heterocycles. The Bertz CT molecular complexity index is 592. The molecule has 132 valence electrons. The normalized spacial score (nSPS) is 13.0. The Morgan fingerprint density at radius 3 is 2.46 bits per heavy atom. The highest BCUT2D eigenvalue weighted by Gasteiger charge is 2.26. The van der Waals surface area contributed by atoms with Gasteiger partial charge < -0.3 is 5.11 Å². The largest absolute Gasteiger partial charge is 0.481 e. The van der Waals surface area contributed by atoms with Crippen LogP contribution in [0.15, 0.2) is 24.3 Å². The van der Waals surface area contributed by atoms with Crippen molar-refractivity contribution in [1.29, 1.82) is 0 Å². The smallest absolute Gasteiger partial charge is 0.306 e. The third kappa shape index (κ3) is 6.20. The van der Waals surface area contributed by atoms with Crippen LogP contribution in [0.3, 0.4) is 0 Å². The van der Waals surface area contributed by atoms with Gasteiger partial charge in [0, 0.05) is 6.42 Å². The monoisotopic (exact) mass is 354 g/mol. The summed E-state index contributed by atoms with van der Waals surface area (Å²) in [5, 5.41) is 9.55. The van der Waals surface area contributed by atoms with Crippen LogP contribution in [0.1, 0.15) is 49.9 Å². The van der Waals surface area contributed by atoms with Crippen molar-refractivity contribution in [3.8, 4) is 0 Å². The van der Waals surface area contributed by atoms with E-state index in [0.29, 0.717) is 6.42 Å². The summed E-state index contributed by atoms with van der Waals surface area (Å²) in [6, 6.07) is 6.47. The van der Waals surface area contributed by atoms with Crippen LogP contribution in [0.4, 0.5) is 0 Å². The molecule has 2 amide bonds. The van der Waals surface area contributed by atoms with Gasteiger partial charge in [-0.05, 0) is 24.5 Å². The van der Waals surface area contributed by atoms with E-state index in [1.165, 1.54) is 6.07 Å². The lowest BCUT2D eigenvalue weighted by atomic mass is 9.87. The first-order valence-corrected chi connectivity index (χ1v) is 8.31. The molecule has 3 N–H and O–H groups in total. The number of carbonyl (C=O) groups excluding carboxylic acids is 2. The minimum absolute atomic E-state index is 0.0173. The summed E-state index contributed by atoms with van der Waals surface area (Å²) in [7, 11) is 0. The van der Waals surface area contributed by atoms with Crippen molar-refractivity contribution < 1.29 is 19.5 Å². The maximum absolute atomic E-state index is 11.9. The highest BCUT2D eigenvalue weighted by Crippen LogP contribution is 2.22. The van der Waals surface area contributed by atoms with Gasteiger partial charge in [0.1, 0.15) is 0 Å². The van der Waals surface area contributed by atoms with Crippen LogP contribution in [-0.4, -0.2) is 22.9 Å². The Hall–Kier alpha value is -2.08. The molecule has 0 bridgehead atoms. The molecular formula is C17H23ClN2O4. The first-order valence-electron chi connectivity index (χ1n) is 7.93. The zero-order valence-electron chi connectivity index (χ0n) is 13.8. The molecule has 0 aliphatic carbocycles. The lowest BCUT2D eigenvalue weighted by Crippen LogP contribution is -2.42. The van der Waals surface area contributed by atoms with E-state index in [0.717, 1.165) is 12.8 Å². The van der Waals surface area contributed by atoms with Gasteiger partial charge in [-0.25, -0.2) is 0 Å². The maximum Gasteiger partial charge on any atom is 0.306 e. The minimum Gasteiger partial charge on any atom is -0.481 e. The molecule has 0 unspecified atom stereocenters. The standard InChI is InChI=1S/C17H23ClN2O4/c1-3-4-7-12(17(23)24)11(2)10-15(21)19-20-16(22)13-8-5-6-9-14(13)18/h5-6,8-9,11-12H,3-4,7,10H2,1-2H3,(H,19,21)(H,20,22)(H,23,24)/t11-,12+/m1/s1. The Morgan fingerprint density at radius 2 is 1.88 bits per heavy atom. The van der Waals surface area contributed by atoms with Crippen LogP contribution >= 0.6 is 11.6 Å². The van der Waals surface area contributed by atoms with Gasteiger partial charge in [0.05, 0.1) is 16.5 Å². The number of amides is 2. The summed E-state index contributed by atoms with van der Waals surface area (Å²) >= 11 is 5.90. The Labute approximate surface area is 146 Å². The molecule has 0 aliphatic heterocycles. The van der Waals surface area contributed by atoms with E-state index in [-0.39, 0.29) is 22.9 Å². The number of unbranched alkanes of at least 4 members (excludes halogenated alkanes) is 1. The number of carboxylic acids is 1. The second-order valence-corrected chi connectivity index (χ2v) is 6.16. The highest BCUT2D eigenvalue weighted by molar-refractivity contribution is 6.33. The molecule has 0 saturated carbocycles. The molecule has 6 nitrogen and oxygen atoms in total. The average Bonchev–Trinajstić information content (AvgIpc) is 2.53. The zero-order valence-corrected chi connectivity index (χ0v) is 14.6. The van der Waals surface area contributed by atoms with E-state index in [2.05, 4.69) is 10.9 Å². The van der Waals surface area contributed by atoms with E-state index in [1.807, 2.05) is 6.92 Å². The first-order chi connectivity index (χ1) is 11.4. The first kappa shape index (κ1) is 20.0. The van der Waals surface area contributed by atoms with Crippen molar-refractivity contribution in [2.45, 2.75) is 39.5 Å². The molecule has 2 atom stereocenters. The lowest BCUT2D eigenvalue weighted by molar-refractivity contribution is -0.144. The predicted molar refractivity (Wildman–Crippen MR) is 91.5 cm³/mol.